The molecule has 1 aromatic heterocycles. The summed E-state index contributed by atoms with van der Waals surface area (Å²) in [6.45, 7) is 0.778. The fourth-order valence-electron chi connectivity index (χ4n) is 1.82. The Bertz CT molecular complexity index is 507. The number of hydrogen-bond acceptors (Lipinski definition) is 4. The minimum Gasteiger partial charge on any atom is -0.492 e. The summed E-state index contributed by atoms with van der Waals surface area (Å²) in [6.07, 6.45) is 2.80. The fourth-order valence-corrected chi connectivity index (χ4v) is 2.53. The fraction of sp³-hybridized carbons (Fsp3) is 0.182. The Morgan fingerprint density at radius 3 is 3.13 bits per heavy atom. The van der Waals surface area contributed by atoms with E-state index in [-0.39, 0.29) is 0 Å². The lowest BCUT2D eigenvalue weighted by atomic mass is 10.1. The van der Waals surface area contributed by atoms with Gasteiger partial charge in [0.25, 0.3) is 0 Å². The highest BCUT2D eigenvalue weighted by Gasteiger charge is 2.17. The normalized spacial score (nSPS) is 13.6. The first-order chi connectivity index (χ1) is 7.34. The monoisotopic (exact) mass is 218 g/mol. The van der Waals surface area contributed by atoms with Gasteiger partial charge in [-0.15, -0.1) is 0 Å². The lowest BCUT2D eigenvalue weighted by Gasteiger charge is -2.04. The third-order valence-electron chi connectivity index (χ3n) is 2.50. The SMILES string of the molecule is Nc1ncc(-c2cccc3c2OCC3)s1. The molecular weight excluding hydrogens is 208 g/mol. The summed E-state index contributed by atoms with van der Waals surface area (Å²) < 4.78 is 5.63. The smallest absolute Gasteiger partial charge is 0.180 e. The molecule has 76 valence electrons. The molecule has 0 radical (unpaired) electrons. The number of nitrogens with zero attached hydrogens (tertiary/aromatic N) is 1. The molecule has 1 aliphatic rings. The molecule has 2 N–H and O–H groups in total. The summed E-state index contributed by atoms with van der Waals surface area (Å²) in [5, 5.41) is 0.598. The van der Waals surface area contributed by atoms with Crippen LogP contribution in [-0.2, 0) is 6.42 Å². The third kappa shape index (κ3) is 1.37. The van der Waals surface area contributed by atoms with Gasteiger partial charge in [-0.3, -0.25) is 0 Å². The van der Waals surface area contributed by atoms with Gasteiger partial charge in [0.15, 0.2) is 5.13 Å². The molecule has 0 amide bonds. The maximum Gasteiger partial charge on any atom is 0.180 e. The molecule has 4 heteroatoms. The Hall–Kier alpha value is -1.55. The van der Waals surface area contributed by atoms with Crippen molar-refractivity contribution < 1.29 is 4.74 Å². The predicted molar refractivity (Wildman–Crippen MR) is 61.2 cm³/mol. The van der Waals surface area contributed by atoms with Gasteiger partial charge in [-0.05, 0) is 11.6 Å². The lowest BCUT2D eigenvalue weighted by molar-refractivity contribution is 0.358. The number of rotatable bonds is 1. The number of anilines is 1. The number of fused-ring (bicyclic) bond motifs is 1. The van der Waals surface area contributed by atoms with Gasteiger partial charge >= 0.3 is 0 Å². The number of thiazole rings is 1. The van der Waals surface area contributed by atoms with Gasteiger partial charge in [-0.25, -0.2) is 4.98 Å². The van der Waals surface area contributed by atoms with Gasteiger partial charge in [0.1, 0.15) is 5.75 Å². The van der Waals surface area contributed by atoms with E-state index >= 15 is 0 Å². The van der Waals surface area contributed by atoms with E-state index in [1.54, 1.807) is 6.20 Å². The molecule has 0 saturated carbocycles. The van der Waals surface area contributed by atoms with Crippen molar-refractivity contribution >= 4 is 16.5 Å². The Morgan fingerprint density at radius 1 is 1.40 bits per heavy atom. The van der Waals surface area contributed by atoms with E-state index in [1.165, 1.54) is 16.9 Å². The van der Waals surface area contributed by atoms with Crippen LogP contribution in [0.1, 0.15) is 5.56 Å². The molecule has 0 aliphatic carbocycles. The average Bonchev–Trinajstić information content (AvgIpc) is 2.84. The highest BCUT2D eigenvalue weighted by Crippen LogP contribution is 2.39. The molecule has 1 aromatic carbocycles. The van der Waals surface area contributed by atoms with Gasteiger partial charge in [0.05, 0.1) is 11.5 Å². The molecule has 1 aliphatic heterocycles. The van der Waals surface area contributed by atoms with Crippen LogP contribution in [-0.4, -0.2) is 11.6 Å². The Labute approximate surface area is 91.5 Å². The second kappa shape index (κ2) is 3.24. The quantitative estimate of drug-likeness (QED) is 0.799. The average molecular weight is 218 g/mol. The summed E-state index contributed by atoms with van der Waals surface area (Å²) in [5.74, 6) is 1.00. The Balaban J connectivity index is 2.16. The van der Waals surface area contributed by atoms with Crippen molar-refractivity contribution in [3.8, 4) is 16.2 Å². The molecule has 3 rings (SSSR count). The lowest BCUT2D eigenvalue weighted by Crippen LogP contribution is -1.87. The molecule has 0 bridgehead atoms. The Kier molecular flexibility index (Phi) is 1.89. The first-order valence-electron chi connectivity index (χ1n) is 4.81. The maximum absolute atomic E-state index is 5.63. The van der Waals surface area contributed by atoms with Crippen LogP contribution >= 0.6 is 11.3 Å². The molecule has 2 heterocycles. The summed E-state index contributed by atoms with van der Waals surface area (Å²) in [7, 11) is 0. The number of para-hydroxylation sites is 1. The number of hydrogen-bond donors (Lipinski definition) is 1. The van der Waals surface area contributed by atoms with Crippen LogP contribution in [0.4, 0.5) is 5.13 Å². The highest BCUT2D eigenvalue weighted by atomic mass is 32.1. The number of benzene rings is 1. The number of nitrogen functional groups attached to an aromatic ring is 1. The van der Waals surface area contributed by atoms with Crippen LogP contribution < -0.4 is 10.5 Å². The zero-order valence-corrected chi connectivity index (χ0v) is 8.88. The largest absolute Gasteiger partial charge is 0.492 e. The highest BCUT2D eigenvalue weighted by molar-refractivity contribution is 7.18. The van der Waals surface area contributed by atoms with E-state index in [0.29, 0.717) is 5.13 Å². The van der Waals surface area contributed by atoms with E-state index in [9.17, 15) is 0 Å². The predicted octanol–water partition coefficient (Wildman–Crippen LogP) is 2.33. The van der Waals surface area contributed by atoms with Crippen molar-refractivity contribution in [2.75, 3.05) is 12.3 Å². The molecule has 0 saturated heterocycles. The van der Waals surface area contributed by atoms with Crippen molar-refractivity contribution in [3.05, 3.63) is 30.0 Å². The molecule has 3 nitrogen and oxygen atoms in total. The third-order valence-corrected chi connectivity index (χ3v) is 3.36. The van der Waals surface area contributed by atoms with Gasteiger partial charge in [-0.1, -0.05) is 23.5 Å². The molecular formula is C11H10N2OS. The van der Waals surface area contributed by atoms with Gasteiger partial charge < -0.3 is 10.5 Å². The van der Waals surface area contributed by atoms with Gasteiger partial charge in [0.2, 0.25) is 0 Å². The van der Waals surface area contributed by atoms with Crippen LogP contribution in [0, 0.1) is 0 Å². The first-order valence-corrected chi connectivity index (χ1v) is 5.62. The summed E-state index contributed by atoms with van der Waals surface area (Å²) in [4.78, 5) is 5.13. The van der Waals surface area contributed by atoms with E-state index in [4.69, 9.17) is 10.5 Å². The summed E-state index contributed by atoms with van der Waals surface area (Å²) in [6, 6.07) is 6.21. The minimum atomic E-state index is 0.598. The van der Waals surface area contributed by atoms with E-state index in [0.717, 1.165) is 29.2 Å². The summed E-state index contributed by atoms with van der Waals surface area (Å²) in [5.41, 5.74) is 8.02. The second-order valence-corrected chi connectivity index (χ2v) is 4.52. The molecule has 0 fully saturated rings. The maximum atomic E-state index is 5.63. The topological polar surface area (TPSA) is 48.1 Å². The number of aromatic nitrogens is 1. The minimum absolute atomic E-state index is 0.598. The van der Waals surface area contributed by atoms with Gasteiger partial charge in [0, 0.05) is 18.2 Å². The number of ether oxygens (including phenoxy) is 1. The van der Waals surface area contributed by atoms with Crippen molar-refractivity contribution in [2.24, 2.45) is 0 Å². The van der Waals surface area contributed by atoms with Gasteiger partial charge in [-0.2, -0.15) is 0 Å². The van der Waals surface area contributed by atoms with Crippen molar-refractivity contribution in [1.82, 2.24) is 4.98 Å². The second-order valence-electron chi connectivity index (χ2n) is 3.46. The molecule has 15 heavy (non-hydrogen) atoms. The van der Waals surface area contributed by atoms with E-state index in [2.05, 4.69) is 23.2 Å². The van der Waals surface area contributed by atoms with Crippen molar-refractivity contribution in [3.63, 3.8) is 0 Å². The van der Waals surface area contributed by atoms with Crippen LogP contribution in [0.5, 0.6) is 5.75 Å². The molecule has 0 atom stereocenters. The summed E-state index contributed by atoms with van der Waals surface area (Å²) >= 11 is 1.49. The van der Waals surface area contributed by atoms with E-state index in [1.807, 2.05) is 0 Å². The van der Waals surface area contributed by atoms with Crippen molar-refractivity contribution in [1.29, 1.82) is 0 Å². The van der Waals surface area contributed by atoms with Crippen LogP contribution in [0.25, 0.3) is 10.4 Å². The van der Waals surface area contributed by atoms with E-state index < -0.39 is 0 Å². The zero-order valence-electron chi connectivity index (χ0n) is 8.06. The molecule has 0 unspecified atom stereocenters. The number of nitrogens with two attached hydrogens (primary N) is 1. The zero-order chi connectivity index (χ0) is 10.3. The Morgan fingerprint density at radius 2 is 2.33 bits per heavy atom. The molecule has 0 spiro atoms. The van der Waals surface area contributed by atoms with Crippen molar-refractivity contribution in [2.45, 2.75) is 6.42 Å². The van der Waals surface area contributed by atoms with Crippen LogP contribution in [0.15, 0.2) is 24.4 Å². The standard InChI is InChI=1S/C11H10N2OS/c12-11-13-6-9(15-11)8-3-1-2-7-4-5-14-10(7)8/h1-3,6H,4-5H2,(H2,12,13). The first kappa shape index (κ1) is 8.73. The van der Waals surface area contributed by atoms with Crippen LogP contribution in [0.3, 0.4) is 0 Å². The van der Waals surface area contributed by atoms with Crippen LogP contribution in [0.2, 0.25) is 0 Å². The molecule has 2 aromatic rings.